The zero-order valence-corrected chi connectivity index (χ0v) is 14.1. The number of aryl methyl sites for hydroxylation is 1. The molecule has 0 saturated heterocycles. The molecule has 1 N–H and O–H groups in total. The average molecular weight is 321 g/mol. The van der Waals surface area contributed by atoms with Crippen molar-refractivity contribution < 1.29 is 4.79 Å². The summed E-state index contributed by atoms with van der Waals surface area (Å²) in [6, 6.07) is 22.4. The summed E-state index contributed by atoms with van der Waals surface area (Å²) in [6.45, 7) is 3.97. The Labute approximate surface area is 140 Å². The molecule has 0 unspecified atom stereocenters. The second kappa shape index (κ2) is 6.88. The lowest BCUT2D eigenvalue weighted by Crippen LogP contribution is -2.22. The molecule has 0 aliphatic carbocycles. The maximum Gasteiger partial charge on any atom is 0.237 e. The summed E-state index contributed by atoms with van der Waals surface area (Å²) in [4.78, 5) is 13.4. The van der Waals surface area contributed by atoms with Gasteiger partial charge in [-0.15, -0.1) is 11.8 Å². The van der Waals surface area contributed by atoms with Gasteiger partial charge in [-0.25, -0.2) is 0 Å². The van der Waals surface area contributed by atoms with E-state index in [4.69, 9.17) is 0 Å². The molecule has 0 heterocycles. The van der Waals surface area contributed by atoms with Crippen LogP contribution in [0.25, 0.3) is 10.8 Å². The van der Waals surface area contributed by atoms with Gasteiger partial charge >= 0.3 is 0 Å². The van der Waals surface area contributed by atoms with Crippen LogP contribution in [-0.2, 0) is 4.79 Å². The Hall–Kier alpha value is -2.26. The lowest BCUT2D eigenvalue weighted by Gasteiger charge is -2.12. The van der Waals surface area contributed by atoms with Gasteiger partial charge in [-0.2, -0.15) is 0 Å². The van der Waals surface area contributed by atoms with Crippen LogP contribution in [0.15, 0.2) is 71.6 Å². The van der Waals surface area contributed by atoms with Gasteiger partial charge in [-0.05, 0) is 48.9 Å². The van der Waals surface area contributed by atoms with Crippen LogP contribution in [0.5, 0.6) is 0 Å². The van der Waals surface area contributed by atoms with E-state index in [9.17, 15) is 4.79 Å². The Bertz CT molecular complexity index is 826. The monoisotopic (exact) mass is 321 g/mol. The van der Waals surface area contributed by atoms with Gasteiger partial charge in [-0.1, -0.05) is 48.0 Å². The molecule has 0 saturated carbocycles. The van der Waals surface area contributed by atoms with Gasteiger partial charge in [0.2, 0.25) is 5.91 Å². The second-order valence-electron chi connectivity index (χ2n) is 5.62. The molecule has 0 bridgehead atoms. The molecule has 3 aromatic rings. The minimum atomic E-state index is -0.155. The molecule has 0 aliphatic rings. The lowest BCUT2D eigenvalue weighted by atomic mass is 10.1. The number of thioether (sulfide) groups is 1. The Morgan fingerprint density at radius 3 is 2.39 bits per heavy atom. The van der Waals surface area contributed by atoms with Crippen LogP contribution < -0.4 is 5.32 Å². The van der Waals surface area contributed by atoms with E-state index >= 15 is 0 Å². The lowest BCUT2D eigenvalue weighted by molar-refractivity contribution is -0.115. The van der Waals surface area contributed by atoms with E-state index in [1.807, 2.05) is 50.2 Å². The molecule has 3 rings (SSSR count). The molecule has 0 aromatic heterocycles. The first-order valence-electron chi connectivity index (χ1n) is 7.65. The molecule has 1 amide bonds. The van der Waals surface area contributed by atoms with E-state index in [1.165, 1.54) is 16.3 Å². The van der Waals surface area contributed by atoms with E-state index in [2.05, 4.69) is 35.6 Å². The highest BCUT2D eigenvalue weighted by molar-refractivity contribution is 8.00. The number of carbonyl (C=O) groups excluding carboxylic acids is 1. The fraction of sp³-hybridized carbons (Fsp3) is 0.150. The van der Waals surface area contributed by atoms with Crippen molar-refractivity contribution in [3.8, 4) is 0 Å². The predicted octanol–water partition coefficient (Wildman–Crippen LogP) is 5.27. The minimum absolute atomic E-state index is 0.0204. The first kappa shape index (κ1) is 15.6. The van der Waals surface area contributed by atoms with Crippen LogP contribution in [-0.4, -0.2) is 11.2 Å². The normalized spacial score (nSPS) is 12.1. The van der Waals surface area contributed by atoms with Crippen LogP contribution in [0.3, 0.4) is 0 Å². The highest BCUT2D eigenvalue weighted by Gasteiger charge is 2.14. The predicted molar refractivity (Wildman–Crippen MR) is 99.1 cm³/mol. The van der Waals surface area contributed by atoms with Gasteiger partial charge in [0.1, 0.15) is 0 Å². The maximum atomic E-state index is 12.3. The SMILES string of the molecule is Cc1ccc(NC(=O)[C@H](C)Sc2ccc3ccccc3c2)cc1. The van der Waals surface area contributed by atoms with E-state index in [0.717, 1.165) is 10.6 Å². The molecule has 23 heavy (non-hydrogen) atoms. The number of benzene rings is 3. The molecule has 0 aliphatic heterocycles. The third-order valence-corrected chi connectivity index (χ3v) is 4.82. The largest absolute Gasteiger partial charge is 0.325 e. The van der Waals surface area contributed by atoms with Crippen LogP contribution in [0.1, 0.15) is 12.5 Å². The van der Waals surface area contributed by atoms with Crippen molar-refractivity contribution >= 4 is 34.1 Å². The van der Waals surface area contributed by atoms with Gasteiger partial charge in [0.25, 0.3) is 0 Å². The highest BCUT2D eigenvalue weighted by atomic mass is 32.2. The average Bonchev–Trinajstić information content (AvgIpc) is 2.56. The van der Waals surface area contributed by atoms with E-state index in [-0.39, 0.29) is 11.2 Å². The topological polar surface area (TPSA) is 29.1 Å². The molecular formula is C20H19NOS. The molecule has 0 spiro atoms. The molecular weight excluding hydrogens is 302 g/mol. The summed E-state index contributed by atoms with van der Waals surface area (Å²) < 4.78 is 0. The van der Waals surface area contributed by atoms with Crippen molar-refractivity contribution in [2.75, 3.05) is 5.32 Å². The summed E-state index contributed by atoms with van der Waals surface area (Å²) in [5.74, 6) is 0.0204. The maximum absolute atomic E-state index is 12.3. The highest BCUT2D eigenvalue weighted by Crippen LogP contribution is 2.27. The van der Waals surface area contributed by atoms with Crippen molar-refractivity contribution in [1.29, 1.82) is 0 Å². The zero-order valence-electron chi connectivity index (χ0n) is 13.2. The van der Waals surface area contributed by atoms with E-state index < -0.39 is 0 Å². The second-order valence-corrected chi connectivity index (χ2v) is 7.04. The fourth-order valence-corrected chi connectivity index (χ4v) is 3.29. The number of rotatable bonds is 4. The van der Waals surface area contributed by atoms with Crippen LogP contribution in [0.4, 0.5) is 5.69 Å². The molecule has 3 aromatic carbocycles. The third-order valence-electron chi connectivity index (χ3n) is 3.72. The Balaban J connectivity index is 1.68. The van der Waals surface area contributed by atoms with Crippen LogP contribution >= 0.6 is 11.8 Å². The molecule has 2 nitrogen and oxygen atoms in total. The molecule has 116 valence electrons. The fourth-order valence-electron chi connectivity index (χ4n) is 2.38. The molecule has 0 fully saturated rings. The summed E-state index contributed by atoms with van der Waals surface area (Å²) in [5, 5.41) is 5.23. The number of hydrogen-bond donors (Lipinski definition) is 1. The van der Waals surface area contributed by atoms with Crippen molar-refractivity contribution in [3.05, 3.63) is 72.3 Å². The van der Waals surface area contributed by atoms with Crippen LogP contribution in [0, 0.1) is 6.92 Å². The Kier molecular flexibility index (Phi) is 4.68. The minimum Gasteiger partial charge on any atom is -0.325 e. The van der Waals surface area contributed by atoms with Gasteiger partial charge in [0.05, 0.1) is 5.25 Å². The summed E-state index contributed by atoms with van der Waals surface area (Å²) in [6.07, 6.45) is 0. The molecule has 3 heteroatoms. The van der Waals surface area contributed by atoms with Crippen LogP contribution in [0.2, 0.25) is 0 Å². The Morgan fingerprint density at radius 2 is 1.65 bits per heavy atom. The van der Waals surface area contributed by atoms with Crippen molar-refractivity contribution in [1.82, 2.24) is 0 Å². The van der Waals surface area contributed by atoms with Gasteiger partial charge in [-0.3, -0.25) is 4.79 Å². The molecule has 0 radical (unpaired) electrons. The van der Waals surface area contributed by atoms with Crippen molar-refractivity contribution in [2.24, 2.45) is 0 Å². The quantitative estimate of drug-likeness (QED) is 0.663. The first-order valence-corrected chi connectivity index (χ1v) is 8.53. The third kappa shape index (κ3) is 3.93. The van der Waals surface area contributed by atoms with E-state index in [0.29, 0.717) is 0 Å². The molecule has 1 atom stereocenters. The number of amides is 1. The smallest absolute Gasteiger partial charge is 0.237 e. The number of carbonyl (C=O) groups is 1. The van der Waals surface area contributed by atoms with Crippen molar-refractivity contribution in [3.63, 3.8) is 0 Å². The van der Waals surface area contributed by atoms with Gasteiger partial charge in [0.15, 0.2) is 0 Å². The zero-order chi connectivity index (χ0) is 16.2. The summed E-state index contributed by atoms with van der Waals surface area (Å²) >= 11 is 1.58. The van der Waals surface area contributed by atoms with E-state index in [1.54, 1.807) is 11.8 Å². The number of hydrogen-bond acceptors (Lipinski definition) is 2. The summed E-state index contributed by atoms with van der Waals surface area (Å²) in [7, 11) is 0. The first-order chi connectivity index (χ1) is 11.1. The summed E-state index contributed by atoms with van der Waals surface area (Å²) in [5.41, 5.74) is 2.02. The number of fused-ring (bicyclic) bond motifs is 1. The number of anilines is 1. The Morgan fingerprint density at radius 1 is 0.957 bits per heavy atom. The van der Waals surface area contributed by atoms with Gasteiger partial charge in [0, 0.05) is 10.6 Å². The van der Waals surface area contributed by atoms with Gasteiger partial charge < -0.3 is 5.32 Å². The number of nitrogens with one attached hydrogen (secondary N) is 1. The van der Waals surface area contributed by atoms with Crippen molar-refractivity contribution in [2.45, 2.75) is 24.0 Å². The standard InChI is InChI=1S/C20H19NOS/c1-14-7-10-18(11-8-14)21-20(22)15(2)23-19-12-9-16-5-3-4-6-17(16)13-19/h3-13,15H,1-2H3,(H,21,22)/t15-/m0/s1.